The molecule has 0 radical (unpaired) electrons. The minimum Gasteiger partial charge on any atom is -0.492 e. The van der Waals surface area contributed by atoms with Crippen molar-refractivity contribution in [3.63, 3.8) is 0 Å². The zero-order valence-electron chi connectivity index (χ0n) is 11.5. The largest absolute Gasteiger partial charge is 0.492 e. The highest BCUT2D eigenvalue weighted by Crippen LogP contribution is 2.37. The van der Waals surface area contributed by atoms with Gasteiger partial charge in [0.25, 0.3) is 0 Å². The van der Waals surface area contributed by atoms with Crippen molar-refractivity contribution in [1.29, 1.82) is 0 Å². The van der Waals surface area contributed by atoms with Gasteiger partial charge in [0.1, 0.15) is 12.4 Å². The summed E-state index contributed by atoms with van der Waals surface area (Å²) in [5, 5.41) is 3.96. The first-order chi connectivity index (χ1) is 8.72. The molecule has 2 rings (SSSR count). The Bertz CT molecular complexity index is 381. The fourth-order valence-electron chi connectivity index (χ4n) is 2.28. The second kappa shape index (κ2) is 6.48. The molecular formula is C15H23NOS. The van der Waals surface area contributed by atoms with Crippen LogP contribution in [0.1, 0.15) is 31.9 Å². The molecule has 0 aliphatic carbocycles. The molecule has 0 spiro atoms. The lowest BCUT2D eigenvalue weighted by molar-refractivity contribution is 0.265. The van der Waals surface area contributed by atoms with Gasteiger partial charge in [-0.15, -0.1) is 0 Å². The molecule has 2 unspecified atom stereocenters. The number of nitrogens with one attached hydrogen (secondary N) is 1. The van der Waals surface area contributed by atoms with Gasteiger partial charge < -0.3 is 10.1 Å². The predicted molar refractivity (Wildman–Crippen MR) is 79.4 cm³/mol. The molecule has 0 saturated heterocycles. The molecule has 0 saturated carbocycles. The first kappa shape index (κ1) is 13.8. The van der Waals surface area contributed by atoms with Crippen LogP contribution in [0.25, 0.3) is 0 Å². The maximum Gasteiger partial charge on any atom is 0.124 e. The van der Waals surface area contributed by atoms with E-state index in [-0.39, 0.29) is 0 Å². The third-order valence-electron chi connectivity index (χ3n) is 3.37. The molecule has 1 aliphatic heterocycles. The summed E-state index contributed by atoms with van der Waals surface area (Å²) < 4.78 is 5.86. The average Bonchev–Trinajstić information content (AvgIpc) is 2.38. The van der Waals surface area contributed by atoms with Gasteiger partial charge in [-0.3, -0.25) is 0 Å². The number of ether oxygens (including phenoxy) is 1. The van der Waals surface area contributed by atoms with Gasteiger partial charge in [-0.25, -0.2) is 0 Å². The van der Waals surface area contributed by atoms with Crippen LogP contribution >= 0.6 is 11.8 Å². The van der Waals surface area contributed by atoms with Gasteiger partial charge in [0, 0.05) is 5.56 Å². The van der Waals surface area contributed by atoms with E-state index in [0.29, 0.717) is 11.3 Å². The van der Waals surface area contributed by atoms with Crippen molar-refractivity contribution in [3.05, 3.63) is 29.8 Å². The maximum atomic E-state index is 5.86. The van der Waals surface area contributed by atoms with E-state index in [1.54, 1.807) is 0 Å². The molecule has 2 atom stereocenters. The van der Waals surface area contributed by atoms with Crippen LogP contribution in [0.15, 0.2) is 24.3 Å². The number of thioether (sulfide) groups is 1. The van der Waals surface area contributed by atoms with Crippen LogP contribution < -0.4 is 10.1 Å². The molecule has 1 aromatic rings. The Morgan fingerprint density at radius 3 is 2.89 bits per heavy atom. The van der Waals surface area contributed by atoms with E-state index in [4.69, 9.17) is 4.74 Å². The third-order valence-corrected chi connectivity index (χ3v) is 4.67. The predicted octanol–water partition coefficient (Wildman–Crippen LogP) is 3.49. The highest BCUT2D eigenvalue weighted by Gasteiger charge is 2.29. The standard InChI is InChI=1S/C15H23NOS/c1-11(2)8-9-18-14-10-17-13-7-5-4-6-12(13)15(14)16-3/h4-7,11,14-16H,8-10H2,1-3H3. The van der Waals surface area contributed by atoms with Gasteiger partial charge in [-0.1, -0.05) is 32.0 Å². The van der Waals surface area contributed by atoms with Crippen molar-refractivity contribution < 1.29 is 4.74 Å². The molecular weight excluding hydrogens is 242 g/mol. The summed E-state index contributed by atoms with van der Waals surface area (Å²) in [7, 11) is 2.04. The second-order valence-electron chi connectivity index (χ2n) is 5.21. The van der Waals surface area contributed by atoms with Crippen molar-refractivity contribution in [2.75, 3.05) is 19.4 Å². The normalized spacial score (nSPS) is 22.7. The molecule has 0 aromatic heterocycles. The molecule has 1 aromatic carbocycles. The van der Waals surface area contributed by atoms with Gasteiger partial charge in [0.15, 0.2) is 0 Å². The van der Waals surface area contributed by atoms with Crippen LogP contribution in [0.5, 0.6) is 5.75 Å². The minimum absolute atomic E-state index is 0.409. The van der Waals surface area contributed by atoms with Crippen molar-refractivity contribution in [2.45, 2.75) is 31.6 Å². The van der Waals surface area contributed by atoms with Gasteiger partial charge >= 0.3 is 0 Å². The van der Waals surface area contributed by atoms with E-state index in [0.717, 1.165) is 18.3 Å². The molecule has 100 valence electrons. The highest BCUT2D eigenvalue weighted by atomic mass is 32.2. The zero-order chi connectivity index (χ0) is 13.0. The zero-order valence-corrected chi connectivity index (χ0v) is 12.3. The van der Waals surface area contributed by atoms with Crippen molar-refractivity contribution in [2.24, 2.45) is 5.92 Å². The lowest BCUT2D eigenvalue weighted by Crippen LogP contribution is -2.36. The molecule has 1 N–H and O–H groups in total. The van der Waals surface area contributed by atoms with Crippen molar-refractivity contribution in [3.8, 4) is 5.75 Å². The Balaban J connectivity index is 2.01. The van der Waals surface area contributed by atoms with Gasteiger partial charge in [0.2, 0.25) is 0 Å². The topological polar surface area (TPSA) is 21.3 Å². The summed E-state index contributed by atoms with van der Waals surface area (Å²) in [5.41, 5.74) is 1.30. The Morgan fingerprint density at radius 2 is 2.17 bits per heavy atom. The van der Waals surface area contributed by atoms with E-state index in [9.17, 15) is 0 Å². The van der Waals surface area contributed by atoms with E-state index < -0.39 is 0 Å². The monoisotopic (exact) mass is 265 g/mol. The second-order valence-corrected chi connectivity index (χ2v) is 6.55. The lowest BCUT2D eigenvalue weighted by atomic mass is 10.0. The Kier molecular flexibility index (Phi) is 4.95. The molecule has 3 heteroatoms. The van der Waals surface area contributed by atoms with E-state index >= 15 is 0 Å². The molecule has 0 bridgehead atoms. The fraction of sp³-hybridized carbons (Fsp3) is 0.600. The summed E-state index contributed by atoms with van der Waals surface area (Å²) in [5.74, 6) is 3.03. The summed E-state index contributed by atoms with van der Waals surface area (Å²) in [6, 6.07) is 8.78. The number of rotatable bonds is 5. The van der Waals surface area contributed by atoms with Gasteiger partial charge in [-0.2, -0.15) is 11.8 Å². The molecule has 1 aliphatic rings. The Morgan fingerprint density at radius 1 is 1.39 bits per heavy atom. The quantitative estimate of drug-likeness (QED) is 0.880. The molecule has 18 heavy (non-hydrogen) atoms. The van der Waals surface area contributed by atoms with Crippen LogP contribution in [-0.4, -0.2) is 24.7 Å². The van der Waals surface area contributed by atoms with Crippen LogP contribution in [0.4, 0.5) is 0 Å². The molecule has 0 amide bonds. The van der Waals surface area contributed by atoms with Crippen LogP contribution in [0, 0.1) is 5.92 Å². The Hall–Kier alpha value is -0.670. The highest BCUT2D eigenvalue weighted by molar-refractivity contribution is 7.99. The van der Waals surface area contributed by atoms with Crippen molar-refractivity contribution >= 4 is 11.8 Å². The number of hydrogen-bond donors (Lipinski definition) is 1. The molecule has 1 heterocycles. The minimum atomic E-state index is 0.409. The number of benzene rings is 1. The number of fused-ring (bicyclic) bond motifs is 1. The molecule has 2 nitrogen and oxygen atoms in total. The van der Waals surface area contributed by atoms with Crippen LogP contribution in [0.3, 0.4) is 0 Å². The SMILES string of the molecule is CNC1c2ccccc2OCC1SCCC(C)C. The Labute approximate surface area is 114 Å². The summed E-state index contributed by atoms with van der Waals surface area (Å²) in [6.45, 7) is 5.37. The van der Waals surface area contributed by atoms with Crippen LogP contribution in [0.2, 0.25) is 0 Å². The van der Waals surface area contributed by atoms with E-state index in [1.165, 1.54) is 17.7 Å². The van der Waals surface area contributed by atoms with Crippen molar-refractivity contribution in [1.82, 2.24) is 5.32 Å². The first-order valence-corrected chi connectivity index (χ1v) is 7.78. The third kappa shape index (κ3) is 3.21. The number of para-hydroxylation sites is 1. The van der Waals surface area contributed by atoms with E-state index in [2.05, 4.69) is 37.4 Å². The summed E-state index contributed by atoms with van der Waals surface area (Å²) in [4.78, 5) is 0. The summed E-state index contributed by atoms with van der Waals surface area (Å²) in [6.07, 6.45) is 1.28. The van der Waals surface area contributed by atoms with Gasteiger partial charge in [-0.05, 0) is 31.2 Å². The average molecular weight is 265 g/mol. The molecule has 0 fully saturated rings. The smallest absolute Gasteiger partial charge is 0.124 e. The lowest BCUT2D eigenvalue weighted by Gasteiger charge is -2.33. The van der Waals surface area contributed by atoms with Gasteiger partial charge in [0.05, 0.1) is 11.3 Å². The number of hydrogen-bond acceptors (Lipinski definition) is 3. The summed E-state index contributed by atoms with van der Waals surface area (Å²) >= 11 is 2.03. The maximum absolute atomic E-state index is 5.86. The fourth-order valence-corrected chi connectivity index (χ4v) is 3.83. The first-order valence-electron chi connectivity index (χ1n) is 6.73. The van der Waals surface area contributed by atoms with E-state index in [1.807, 2.05) is 24.9 Å². The van der Waals surface area contributed by atoms with Crippen LogP contribution in [-0.2, 0) is 0 Å².